The number of benzene rings is 1. The van der Waals surface area contributed by atoms with Gasteiger partial charge in [-0.05, 0) is 44.6 Å². The summed E-state index contributed by atoms with van der Waals surface area (Å²) >= 11 is 0. The molecule has 1 saturated heterocycles. The fourth-order valence-corrected chi connectivity index (χ4v) is 5.77. The number of hydrogen-bond donors (Lipinski definition) is 0. The minimum atomic E-state index is -3.15. The van der Waals surface area contributed by atoms with Crippen LogP contribution in [0.15, 0.2) is 30.3 Å². The van der Waals surface area contributed by atoms with Crippen molar-refractivity contribution in [3.05, 3.63) is 35.9 Å². The van der Waals surface area contributed by atoms with Gasteiger partial charge >= 0.3 is 11.9 Å². The highest BCUT2D eigenvalue weighted by atomic mass is 31.2. The maximum atomic E-state index is 13.3. The summed E-state index contributed by atoms with van der Waals surface area (Å²) in [6.07, 6.45) is 3.63. The smallest absolute Gasteiger partial charge is 0.331 e. The summed E-state index contributed by atoms with van der Waals surface area (Å²) in [6.45, 7) is 3.14. The average molecular weight is 453 g/mol. The van der Waals surface area contributed by atoms with E-state index in [-0.39, 0.29) is 18.7 Å². The average Bonchev–Trinajstić information content (AvgIpc) is 3.22. The zero-order valence-corrected chi connectivity index (χ0v) is 19.2. The van der Waals surface area contributed by atoms with Gasteiger partial charge in [-0.25, -0.2) is 4.79 Å². The third-order valence-electron chi connectivity index (χ3n) is 5.11. The lowest BCUT2D eigenvalue weighted by Gasteiger charge is -2.25. The molecule has 1 aromatic carbocycles. The third-order valence-corrected chi connectivity index (χ3v) is 7.58. The molecule has 1 aliphatic rings. The molecule has 0 bridgehead atoms. The number of carbonyl (C=O) groups excluding carboxylic acids is 3. The number of rotatable bonds is 12. The Balaban J connectivity index is 1.88. The quantitative estimate of drug-likeness (QED) is 0.207. The lowest BCUT2D eigenvalue weighted by atomic mass is 10.1. The summed E-state index contributed by atoms with van der Waals surface area (Å²) in [7, 11) is -3.15. The molecule has 0 aromatic heterocycles. The first-order chi connectivity index (χ1) is 14.8. The molecular formula is C22H32NO7P. The van der Waals surface area contributed by atoms with Crippen molar-refractivity contribution in [2.75, 3.05) is 32.3 Å². The van der Waals surface area contributed by atoms with Crippen LogP contribution in [0.25, 0.3) is 0 Å². The van der Waals surface area contributed by atoms with Crippen LogP contribution < -0.4 is 0 Å². The molecule has 1 heterocycles. The normalized spacial score (nSPS) is 17.7. The second-order valence-corrected chi connectivity index (χ2v) is 10.2. The monoisotopic (exact) mass is 453 g/mol. The fraction of sp³-hybridized carbons (Fsp3) is 0.591. The number of hydrogen-bond acceptors (Lipinski definition) is 7. The Labute approximate surface area is 183 Å². The van der Waals surface area contributed by atoms with Crippen LogP contribution in [-0.4, -0.2) is 61.1 Å². The van der Waals surface area contributed by atoms with E-state index in [0.717, 1.165) is 12.8 Å². The van der Waals surface area contributed by atoms with Crippen LogP contribution >= 0.6 is 7.37 Å². The van der Waals surface area contributed by atoms with Gasteiger partial charge in [-0.1, -0.05) is 30.3 Å². The fourth-order valence-electron chi connectivity index (χ4n) is 3.62. The summed E-state index contributed by atoms with van der Waals surface area (Å²) in [4.78, 5) is 37.3. The Bertz CT molecular complexity index is 783. The van der Waals surface area contributed by atoms with Crippen LogP contribution in [-0.2, 0) is 39.4 Å². The lowest BCUT2D eigenvalue weighted by Crippen LogP contribution is -2.43. The molecule has 1 aromatic rings. The number of nitrogens with zero attached hydrogens (tertiary/aromatic N) is 1. The van der Waals surface area contributed by atoms with E-state index < -0.39 is 32.1 Å². The van der Waals surface area contributed by atoms with Crippen molar-refractivity contribution in [1.82, 2.24) is 4.90 Å². The summed E-state index contributed by atoms with van der Waals surface area (Å²) in [6, 6.07) is 9.30. The van der Waals surface area contributed by atoms with E-state index in [4.69, 9.17) is 9.26 Å². The van der Waals surface area contributed by atoms with E-state index in [0.29, 0.717) is 32.0 Å². The maximum Gasteiger partial charge on any atom is 0.331 e. The van der Waals surface area contributed by atoms with Crippen molar-refractivity contribution >= 4 is 25.2 Å². The van der Waals surface area contributed by atoms with Gasteiger partial charge in [-0.3, -0.25) is 14.2 Å². The van der Waals surface area contributed by atoms with Crippen molar-refractivity contribution in [2.24, 2.45) is 0 Å². The van der Waals surface area contributed by atoms with Crippen molar-refractivity contribution in [3.8, 4) is 0 Å². The third kappa shape index (κ3) is 8.46. The molecule has 1 fully saturated rings. The van der Waals surface area contributed by atoms with Crippen molar-refractivity contribution < 1.29 is 32.9 Å². The van der Waals surface area contributed by atoms with Crippen molar-refractivity contribution in [1.29, 1.82) is 0 Å². The van der Waals surface area contributed by atoms with E-state index in [9.17, 15) is 18.9 Å². The van der Waals surface area contributed by atoms with E-state index in [1.165, 1.54) is 17.4 Å². The Hall–Kier alpha value is -2.18. The van der Waals surface area contributed by atoms with Gasteiger partial charge in [-0.15, -0.1) is 0 Å². The molecular weight excluding hydrogens is 421 g/mol. The molecule has 0 aliphatic carbocycles. The number of ether oxygens (including phenoxy) is 2. The minimum Gasteiger partial charge on any atom is -0.428 e. The largest absolute Gasteiger partial charge is 0.428 e. The van der Waals surface area contributed by atoms with Gasteiger partial charge in [0.05, 0.1) is 6.61 Å². The molecule has 172 valence electrons. The van der Waals surface area contributed by atoms with Gasteiger partial charge in [0, 0.05) is 19.6 Å². The zero-order chi connectivity index (χ0) is 22.7. The standard InChI is InChI=1S/C22H32NO7P/c1-3-30-31(27,15-8-7-12-19-10-5-4-6-11-19)16-21(25)23-14-9-13-20(23)22(26)29-17-28-18(2)24/h4-6,10-11,20H,3,7-9,12-17H2,1-2H3/t20-,31?/m0/s1. The van der Waals surface area contributed by atoms with Gasteiger partial charge in [0.2, 0.25) is 20.1 Å². The van der Waals surface area contributed by atoms with Crippen LogP contribution in [0.1, 0.15) is 45.1 Å². The Morgan fingerprint density at radius 2 is 1.87 bits per heavy atom. The maximum absolute atomic E-state index is 13.3. The van der Waals surface area contributed by atoms with Gasteiger partial charge in [0.15, 0.2) is 0 Å². The molecule has 0 N–H and O–H groups in total. The predicted molar refractivity (Wildman–Crippen MR) is 116 cm³/mol. The predicted octanol–water partition coefficient (Wildman–Crippen LogP) is 3.38. The van der Waals surface area contributed by atoms with E-state index >= 15 is 0 Å². The number of carbonyl (C=O) groups is 3. The summed E-state index contributed by atoms with van der Waals surface area (Å²) in [5.74, 6) is -1.55. The number of aryl methyl sites for hydroxylation is 1. The molecule has 1 unspecified atom stereocenters. The Kier molecular flexibility index (Phi) is 10.2. The van der Waals surface area contributed by atoms with Crippen molar-refractivity contribution in [3.63, 3.8) is 0 Å². The Morgan fingerprint density at radius 3 is 2.55 bits per heavy atom. The topological polar surface area (TPSA) is 99.2 Å². The molecule has 8 nitrogen and oxygen atoms in total. The molecule has 0 spiro atoms. The second-order valence-electron chi connectivity index (χ2n) is 7.52. The van der Waals surface area contributed by atoms with Crippen LogP contribution in [0.5, 0.6) is 0 Å². The van der Waals surface area contributed by atoms with Crippen LogP contribution in [0, 0.1) is 0 Å². The number of unbranched alkanes of at least 4 members (excludes halogenated alkanes) is 1. The highest BCUT2D eigenvalue weighted by Gasteiger charge is 2.38. The molecule has 2 atom stereocenters. The first kappa shape index (κ1) is 25.1. The Morgan fingerprint density at radius 1 is 1.13 bits per heavy atom. The molecule has 2 rings (SSSR count). The molecule has 0 saturated carbocycles. The molecule has 1 aliphatic heterocycles. The highest BCUT2D eigenvalue weighted by molar-refractivity contribution is 7.59. The first-order valence-electron chi connectivity index (χ1n) is 10.7. The van der Waals surface area contributed by atoms with E-state index in [1.54, 1.807) is 6.92 Å². The van der Waals surface area contributed by atoms with Crippen LogP contribution in [0.3, 0.4) is 0 Å². The summed E-state index contributed by atoms with van der Waals surface area (Å²) in [5.41, 5.74) is 1.22. The SMILES string of the molecule is CCOP(=O)(CCCCc1ccccc1)CC(=O)N1CCC[C@H]1C(=O)OCOC(C)=O. The van der Waals surface area contributed by atoms with Gasteiger partial charge in [0.25, 0.3) is 0 Å². The summed E-state index contributed by atoms with van der Waals surface area (Å²) in [5, 5.41) is 0. The second kappa shape index (κ2) is 12.6. The number of esters is 2. The van der Waals surface area contributed by atoms with Crippen LogP contribution in [0.4, 0.5) is 0 Å². The summed E-state index contributed by atoms with van der Waals surface area (Å²) < 4.78 is 28.4. The molecule has 9 heteroatoms. The lowest BCUT2D eigenvalue weighted by molar-refractivity contribution is -0.170. The van der Waals surface area contributed by atoms with E-state index in [1.807, 2.05) is 18.2 Å². The van der Waals surface area contributed by atoms with Crippen molar-refractivity contribution in [2.45, 2.75) is 52.0 Å². The molecule has 1 amide bonds. The molecule has 31 heavy (non-hydrogen) atoms. The molecule has 0 radical (unpaired) electrons. The highest BCUT2D eigenvalue weighted by Crippen LogP contribution is 2.48. The minimum absolute atomic E-state index is 0.222. The zero-order valence-electron chi connectivity index (χ0n) is 18.3. The van der Waals surface area contributed by atoms with Crippen LogP contribution in [0.2, 0.25) is 0 Å². The van der Waals surface area contributed by atoms with Gasteiger partial charge in [-0.2, -0.15) is 0 Å². The van der Waals surface area contributed by atoms with Gasteiger partial charge in [0.1, 0.15) is 12.2 Å². The number of likely N-dealkylation sites (tertiary alicyclic amines) is 1. The van der Waals surface area contributed by atoms with E-state index in [2.05, 4.69) is 16.9 Å². The van der Waals surface area contributed by atoms with Gasteiger partial charge < -0.3 is 18.9 Å². The number of amides is 1. The first-order valence-corrected chi connectivity index (χ1v) is 12.7.